The molecule has 0 unspecified atom stereocenters. The van der Waals surface area contributed by atoms with Gasteiger partial charge in [0, 0.05) is 13.2 Å². The zero-order valence-electron chi connectivity index (χ0n) is 7.20. The third-order valence-electron chi connectivity index (χ3n) is 1.94. The molecule has 0 spiro atoms. The zero-order valence-corrected chi connectivity index (χ0v) is 7.20. The van der Waals surface area contributed by atoms with E-state index < -0.39 is 0 Å². The summed E-state index contributed by atoms with van der Waals surface area (Å²) in [6.07, 6.45) is 7.88. The molecule has 1 aliphatic carbocycles. The first-order valence-corrected chi connectivity index (χ1v) is 4.09. The van der Waals surface area contributed by atoms with Crippen LogP contribution < -0.4 is 0 Å². The van der Waals surface area contributed by atoms with E-state index in [2.05, 4.69) is 17.2 Å². The Balaban J connectivity index is 0.000000112. The van der Waals surface area contributed by atoms with Crippen LogP contribution in [0.3, 0.4) is 0 Å². The summed E-state index contributed by atoms with van der Waals surface area (Å²) in [5.74, 6) is 1.06. The van der Waals surface area contributed by atoms with E-state index in [9.17, 15) is 0 Å². The van der Waals surface area contributed by atoms with Gasteiger partial charge in [-0.05, 0) is 5.92 Å². The lowest BCUT2D eigenvalue weighted by molar-refractivity contribution is 0.346. The molecule has 1 heterocycles. The molecule has 0 radical (unpaired) electrons. The Morgan fingerprint density at radius 3 is 2.18 bits per heavy atom. The van der Waals surface area contributed by atoms with E-state index in [4.69, 9.17) is 0 Å². The number of hydrogen-bond acceptors (Lipinski definition) is 2. The van der Waals surface area contributed by atoms with Crippen LogP contribution in [0.5, 0.6) is 0 Å². The van der Waals surface area contributed by atoms with Gasteiger partial charge in [-0.2, -0.15) is 0 Å². The molecule has 0 aliphatic heterocycles. The van der Waals surface area contributed by atoms with Crippen LogP contribution in [0, 0.1) is 5.92 Å². The van der Waals surface area contributed by atoms with Gasteiger partial charge in [-0.15, -0.1) is 5.10 Å². The molecule has 1 aliphatic rings. The third kappa shape index (κ3) is 3.16. The lowest BCUT2D eigenvalue weighted by atomic mass is 9.88. The second-order valence-corrected chi connectivity index (χ2v) is 3.11. The lowest BCUT2D eigenvalue weighted by Gasteiger charge is -2.18. The van der Waals surface area contributed by atoms with Crippen molar-refractivity contribution in [2.75, 3.05) is 0 Å². The van der Waals surface area contributed by atoms with Crippen LogP contribution >= 0.6 is 0 Å². The highest BCUT2D eigenvalue weighted by Gasteiger charge is 2.09. The van der Waals surface area contributed by atoms with E-state index >= 15 is 0 Å². The summed E-state index contributed by atoms with van der Waals surface area (Å²) in [5, 5.41) is 7.12. The smallest absolute Gasteiger partial charge is 0.0692 e. The molecule has 1 fully saturated rings. The fourth-order valence-corrected chi connectivity index (χ4v) is 0.880. The normalized spacial score (nSPS) is 16.5. The minimum atomic E-state index is 1.06. The highest BCUT2D eigenvalue weighted by molar-refractivity contribution is 4.62. The number of nitrogens with zero attached hydrogens (tertiary/aromatic N) is 3. The molecule has 0 aromatic carbocycles. The molecule has 0 atom stereocenters. The zero-order chi connectivity index (χ0) is 8.10. The van der Waals surface area contributed by atoms with E-state index in [1.165, 1.54) is 19.3 Å². The Kier molecular flexibility index (Phi) is 3.08. The maximum Gasteiger partial charge on any atom is 0.0692 e. The lowest BCUT2D eigenvalue weighted by Crippen LogP contribution is -2.04. The monoisotopic (exact) mass is 153 g/mol. The first-order chi connectivity index (χ1) is 5.29. The Morgan fingerprint density at radius 1 is 1.45 bits per heavy atom. The predicted octanol–water partition coefficient (Wildman–Crippen LogP) is 1.62. The van der Waals surface area contributed by atoms with E-state index in [0.29, 0.717) is 0 Å². The SMILES string of the molecule is CC1CCC1.Cn1ccnn1. The highest BCUT2D eigenvalue weighted by Crippen LogP contribution is 2.24. The predicted molar refractivity (Wildman–Crippen MR) is 44.0 cm³/mol. The van der Waals surface area contributed by atoms with Crippen LogP contribution in [-0.2, 0) is 7.05 Å². The molecule has 0 amide bonds. The fraction of sp³-hybridized carbons (Fsp3) is 0.750. The topological polar surface area (TPSA) is 30.7 Å². The van der Waals surface area contributed by atoms with Gasteiger partial charge in [-0.3, -0.25) is 4.68 Å². The number of aryl methyl sites for hydroxylation is 1. The maximum atomic E-state index is 3.58. The van der Waals surface area contributed by atoms with E-state index in [1.54, 1.807) is 17.1 Å². The van der Waals surface area contributed by atoms with Crippen molar-refractivity contribution in [1.29, 1.82) is 0 Å². The van der Waals surface area contributed by atoms with Crippen molar-refractivity contribution in [1.82, 2.24) is 15.0 Å². The molecule has 11 heavy (non-hydrogen) atoms. The first kappa shape index (κ1) is 8.24. The van der Waals surface area contributed by atoms with Gasteiger partial charge >= 0.3 is 0 Å². The first-order valence-electron chi connectivity index (χ1n) is 4.09. The molecule has 1 aromatic heterocycles. The van der Waals surface area contributed by atoms with Crippen molar-refractivity contribution in [2.45, 2.75) is 26.2 Å². The minimum Gasteiger partial charge on any atom is -0.256 e. The summed E-state index contributed by atoms with van der Waals surface area (Å²) in [6, 6.07) is 0. The van der Waals surface area contributed by atoms with Gasteiger partial charge in [-0.25, -0.2) is 0 Å². The summed E-state index contributed by atoms with van der Waals surface area (Å²) in [4.78, 5) is 0. The largest absolute Gasteiger partial charge is 0.256 e. The molecular weight excluding hydrogens is 138 g/mol. The van der Waals surface area contributed by atoms with Crippen LogP contribution in [0.15, 0.2) is 12.4 Å². The Bertz CT molecular complexity index is 177. The van der Waals surface area contributed by atoms with Crippen molar-refractivity contribution in [2.24, 2.45) is 13.0 Å². The quantitative estimate of drug-likeness (QED) is 0.567. The van der Waals surface area contributed by atoms with Gasteiger partial charge in [0.1, 0.15) is 0 Å². The number of aromatic nitrogens is 3. The molecule has 0 saturated heterocycles. The summed E-state index contributed by atoms with van der Waals surface area (Å²) in [5.41, 5.74) is 0. The van der Waals surface area contributed by atoms with Crippen molar-refractivity contribution in [3.05, 3.63) is 12.4 Å². The van der Waals surface area contributed by atoms with Gasteiger partial charge in [0.25, 0.3) is 0 Å². The van der Waals surface area contributed by atoms with Gasteiger partial charge in [0.15, 0.2) is 0 Å². The molecule has 1 aromatic rings. The maximum absolute atomic E-state index is 3.58. The standard InChI is InChI=1S/C5H10.C3H5N3/c1-5-3-2-4-5;1-6-3-2-4-5-6/h5H,2-4H2,1H3;2-3H,1H3. The van der Waals surface area contributed by atoms with Gasteiger partial charge in [0.2, 0.25) is 0 Å². The van der Waals surface area contributed by atoms with Crippen LogP contribution in [0.2, 0.25) is 0 Å². The van der Waals surface area contributed by atoms with Gasteiger partial charge < -0.3 is 0 Å². The van der Waals surface area contributed by atoms with Crippen molar-refractivity contribution in [3.63, 3.8) is 0 Å². The fourth-order valence-electron chi connectivity index (χ4n) is 0.880. The van der Waals surface area contributed by atoms with Crippen LogP contribution in [0.4, 0.5) is 0 Å². The summed E-state index contributed by atoms with van der Waals surface area (Å²) < 4.78 is 1.64. The molecule has 1 saturated carbocycles. The van der Waals surface area contributed by atoms with Gasteiger partial charge in [-0.1, -0.05) is 31.4 Å². The Morgan fingerprint density at radius 2 is 2.09 bits per heavy atom. The van der Waals surface area contributed by atoms with Crippen molar-refractivity contribution < 1.29 is 0 Å². The molecule has 0 N–H and O–H groups in total. The highest BCUT2D eigenvalue weighted by atomic mass is 15.4. The molecule has 3 nitrogen and oxygen atoms in total. The van der Waals surface area contributed by atoms with E-state index in [-0.39, 0.29) is 0 Å². The molecule has 3 heteroatoms. The Labute approximate surface area is 67.4 Å². The molecule has 0 bridgehead atoms. The molecule has 62 valence electrons. The summed E-state index contributed by atoms with van der Waals surface area (Å²) in [6.45, 7) is 2.31. The second-order valence-electron chi connectivity index (χ2n) is 3.11. The average Bonchev–Trinajstić information content (AvgIpc) is 2.36. The minimum absolute atomic E-state index is 1.06. The third-order valence-corrected chi connectivity index (χ3v) is 1.94. The van der Waals surface area contributed by atoms with E-state index in [1.807, 2.05) is 7.05 Å². The second kappa shape index (κ2) is 4.11. The van der Waals surface area contributed by atoms with Crippen LogP contribution in [0.25, 0.3) is 0 Å². The van der Waals surface area contributed by atoms with E-state index in [0.717, 1.165) is 5.92 Å². The molecule has 2 rings (SSSR count). The number of hydrogen-bond donors (Lipinski definition) is 0. The average molecular weight is 153 g/mol. The van der Waals surface area contributed by atoms with Crippen molar-refractivity contribution >= 4 is 0 Å². The Hall–Kier alpha value is -0.860. The number of rotatable bonds is 0. The van der Waals surface area contributed by atoms with Crippen LogP contribution in [-0.4, -0.2) is 15.0 Å². The van der Waals surface area contributed by atoms with Crippen molar-refractivity contribution in [3.8, 4) is 0 Å². The molecular formula is C8H15N3. The summed E-state index contributed by atoms with van der Waals surface area (Å²) in [7, 11) is 1.83. The summed E-state index contributed by atoms with van der Waals surface area (Å²) >= 11 is 0. The van der Waals surface area contributed by atoms with Crippen LogP contribution in [0.1, 0.15) is 26.2 Å². The van der Waals surface area contributed by atoms with Gasteiger partial charge in [0.05, 0.1) is 6.20 Å².